The lowest BCUT2D eigenvalue weighted by Crippen LogP contribution is -2.21. The first kappa shape index (κ1) is 19.7. The smallest absolute Gasteiger partial charge is 0.267 e. The van der Waals surface area contributed by atoms with Gasteiger partial charge in [-0.2, -0.15) is 4.98 Å². The van der Waals surface area contributed by atoms with Gasteiger partial charge in [0.05, 0.1) is 23.9 Å². The topological polar surface area (TPSA) is 83.0 Å². The second-order valence-electron chi connectivity index (χ2n) is 6.44. The number of benzene rings is 1. The number of fused-ring (bicyclic) bond motifs is 1. The van der Waals surface area contributed by atoms with Crippen LogP contribution in [0.15, 0.2) is 38.7 Å². The van der Waals surface area contributed by atoms with Crippen molar-refractivity contribution in [1.29, 1.82) is 0 Å². The molecule has 0 aliphatic heterocycles. The van der Waals surface area contributed by atoms with Crippen LogP contribution in [-0.2, 0) is 12.2 Å². The van der Waals surface area contributed by atoms with Crippen molar-refractivity contribution in [3.05, 3.63) is 56.8 Å². The lowest BCUT2D eigenvalue weighted by atomic mass is 10.2. The van der Waals surface area contributed by atoms with Gasteiger partial charge in [-0.3, -0.25) is 9.36 Å². The predicted molar refractivity (Wildman–Crippen MR) is 114 cm³/mol. The van der Waals surface area contributed by atoms with Gasteiger partial charge in [-0.1, -0.05) is 29.9 Å². The van der Waals surface area contributed by atoms with Crippen molar-refractivity contribution in [2.24, 2.45) is 0 Å². The van der Waals surface area contributed by atoms with E-state index in [9.17, 15) is 4.79 Å². The molecule has 3 aromatic heterocycles. The first-order valence-electron chi connectivity index (χ1n) is 9.13. The van der Waals surface area contributed by atoms with Gasteiger partial charge in [0.1, 0.15) is 10.6 Å². The molecule has 3 heterocycles. The van der Waals surface area contributed by atoms with Gasteiger partial charge in [0.2, 0.25) is 5.89 Å². The second-order valence-corrected chi connectivity index (χ2v) is 8.46. The maximum Gasteiger partial charge on any atom is 0.267 e. The van der Waals surface area contributed by atoms with Crippen molar-refractivity contribution in [2.75, 3.05) is 7.11 Å². The Balaban J connectivity index is 1.90. The number of aryl methyl sites for hydroxylation is 3. The van der Waals surface area contributed by atoms with Crippen molar-refractivity contribution in [2.45, 2.75) is 38.1 Å². The fourth-order valence-corrected chi connectivity index (χ4v) is 5.16. The van der Waals surface area contributed by atoms with Crippen molar-refractivity contribution in [1.82, 2.24) is 19.7 Å². The normalized spacial score (nSPS) is 11.3. The van der Waals surface area contributed by atoms with Gasteiger partial charge in [0.25, 0.3) is 5.56 Å². The number of rotatable bonds is 6. The molecule has 0 fully saturated rings. The minimum Gasteiger partial charge on any atom is -0.497 e. The maximum atomic E-state index is 13.5. The Kier molecular flexibility index (Phi) is 5.42. The molecular weight excluding hydrogens is 408 g/mol. The number of ether oxygens (including phenoxy) is 1. The molecule has 0 aliphatic rings. The van der Waals surface area contributed by atoms with Crippen LogP contribution in [0.3, 0.4) is 0 Å². The summed E-state index contributed by atoms with van der Waals surface area (Å²) in [6.07, 6.45) is 0.871. The molecular formula is C20H20N4O3S2. The SMILES string of the molecule is CCc1sc2nc(SCc3noc(C)n3)n(-c3cccc(OC)c3)c(=O)c2c1C. The predicted octanol–water partition coefficient (Wildman–Crippen LogP) is 4.31. The Bertz CT molecular complexity index is 1240. The van der Waals surface area contributed by atoms with E-state index in [1.54, 1.807) is 29.9 Å². The Morgan fingerprint density at radius 2 is 2.10 bits per heavy atom. The van der Waals surface area contributed by atoms with Crippen LogP contribution >= 0.6 is 23.1 Å². The van der Waals surface area contributed by atoms with Crippen molar-refractivity contribution >= 4 is 33.3 Å². The van der Waals surface area contributed by atoms with Gasteiger partial charge >= 0.3 is 0 Å². The van der Waals surface area contributed by atoms with Crippen molar-refractivity contribution < 1.29 is 9.26 Å². The summed E-state index contributed by atoms with van der Waals surface area (Å²) in [6, 6.07) is 7.42. The molecule has 0 aliphatic carbocycles. The van der Waals surface area contributed by atoms with Crippen LogP contribution in [0, 0.1) is 13.8 Å². The molecule has 0 atom stereocenters. The highest BCUT2D eigenvalue weighted by molar-refractivity contribution is 7.98. The van der Waals surface area contributed by atoms with Crippen LogP contribution in [0.1, 0.15) is 29.1 Å². The molecule has 0 saturated heterocycles. The third-order valence-corrected chi connectivity index (χ3v) is 6.83. The van der Waals surface area contributed by atoms with Gasteiger partial charge < -0.3 is 9.26 Å². The number of thiophene rings is 1. The van der Waals surface area contributed by atoms with Crippen LogP contribution in [-0.4, -0.2) is 26.8 Å². The van der Waals surface area contributed by atoms with Crippen LogP contribution in [0.5, 0.6) is 5.75 Å². The van der Waals surface area contributed by atoms with E-state index in [4.69, 9.17) is 14.2 Å². The molecule has 7 nitrogen and oxygen atoms in total. The highest BCUT2D eigenvalue weighted by Crippen LogP contribution is 2.31. The first-order chi connectivity index (χ1) is 14.0. The highest BCUT2D eigenvalue weighted by Gasteiger charge is 2.19. The van der Waals surface area contributed by atoms with Gasteiger partial charge in [-0.05, 0) is 31.0 Å². The zero-order chi connectivity index (χ0) is 20.5. The van der Waals surface area contributed by atoms with Gasteiger partial charge in [-0.25, -0.2) is 4.98 Å². The highest BCUT2D eigenvalue weighted by atomic mass is 32.2. The van der Waals surface area contributed by atoms with E-state index in [1.807, 2.05) is 31.2 Å². The molecule has 0 amide bonds. The van der Waals surface area contributed by atoms with Gasteiger partial charge in [-0.15, -0.1) is 11.3 Å². The van der Waals surface area contributed by atoms with Crippen molar-refractivity contribution in [3.63, 3.8) is 0 Å². The zero-order valence-corrected chi connectivity index (χ0v) is 18.2. The zero-order valence-electron chi connectivity index (χ0n) is 16.6. The van der Waals surface area contributed by atoms with Gasteiger partial charge in [0, 0.05) is 17.9 Å². The number of aromatic nitrogens is 4. The third-order valence-electron chi connectivity index (χ3n) is 4.57. The molecule has 0 saturated carbocycles. The average Bonchev–Trinajstić information content (AvgIpc) is 3.29. The molecule has 0 spiro atoms. The molecule has 0 radical (unpaired) electrons. The first-order valence-corrected chi connectivity index (χ1v) is 10.9. The lowest BCUT2D eigenvalue weighted by Gasteiger charge is -2.12. The van der Waals surface area contributed by atoms with E-state index in [2.05, 4.69) is 17.1 Å². The average molecular weight is 429 g/mol. The molecule has 0 N–H and O–H groups in total. The number of methoxy groups -OCH3 is 1. The Morgan fingerprint density at radius 1 is 1.28 bits per heavy atom. The Morgan fingerprint density at radius 3 is 2.79 bits per heavy atom. The minimum atomic E-state index is -0.0801. The maximum absolute atomic E-state index is 13.5. The number of hydrogen-bond donors (Lipinski definition) is 0. The fraction of sp³-hybridized carbons (Fsp3) is 0.300. The summed E-state index contributed by atoms with van der Waals surface area (Å²) in [5, 5.41) is 5.20. The van der Waals surface area contributed by atoms with E-state index >= 15 is 0 Å². The standard InChI is InChI=1S/C20H20N4O3S2/c1-5-15-11(2)17-18(29-15)22-20(28-10-16-21-12(3)27-23-16)24(19(17)25)13-7-6-8-14(9-13)26-4/h6-9H,5,10H2,1-4H3. The monoisotopic (exact) mass is 428 g/mol. The molecule has 4 rings (SSSR count). The summed E-state index contributed by atoms with van der Waals surface area (Å²) in [6.45, 7) is 5.83. The van der Waals surface area contributed by atoms with Crippen LogP contribution < -0.4 is 10.3 Å². The third kappa shape index (κ3) is 3.67. The Hall–Kier alpha value is -2.65. The molecule has 4 aromatic rings. The van der Waals surface area contributed by atoms with E-state index in [-0.39, 0.29) is 5.56 Å². The summed E-state index contributed by atoms with van der Waals surface area (Å²) < 4.78 is 12.0. The largest absolute Gasteiger partial charge is 0.497 e. The summed E-state index contributed by atoms with van der Waals surface area (Å²) in [7, 11) is 1.61. The molecule has 29 heavy (non-hydrogen) atoms. The summed E-state index contributed by atoms with van der Waals surface area (Å²) in [4.78, 5) is 24.6. The number of hydrogen-bond acceptors (Lipinski definition) is 8. The summed E-state index contributed by atoms with van der Waals surface area (Å²) in [5.74, 6) is 2.20. The molecule has 9 heteroatoms. The molecule has 150 valence electrons. The molecule has 0 unspecified atom stereocenters. The Labute approximate surface area is 175 Å². The summed E-state index contributed by atoms with van der Waals surface area (Å²) >= 11 is 2.98. The van der Waals surface area contributed by atoms with E-state index < -0.39 is 0 Å². The quantitative estimate of drug-likeness (QED) is 0.334. The lowest BCUT2D eigenvalue weighted by molar-refractivity contribution is 0.389. The molecule has 0 bridgehead atoms. The number of thioether (sulfide) groups is 1. The van der Waals surface area contributed by atoms with E-state index in [0.717, 1.165) is 16.8 Å². The summed E-state index contributed by atoms with van der Waals surface area (Å²) in [5.41, 5.74) is 1.63. The number of nitrogens with zero attached hydrogens (tertiary/aromatic N) is 4. The van der Waals surface area contributed by atoms with Crippen LogP contribution in [0.4, 0.5) is 0 Å². The van der Waals surface area contributed by atoms with E-state index in [1.165, 1.54) is 16.6 Å². The van der Waals surface area contributed by atoms with Crippen LogP contribution in [0.25, 0.3) is 15.9 Å². The van der Waals surface area contributed by atoms with Gasteiger partial charge in [0.15, 0.2) is 11.0 Å². The second kappa shape index (κ2) is 8.00. The fourth-order valence-electron chi connectivity index (χ4n) is 3.15. The molecule has 1 aromatic carbocycles. The van der Waals surface area contributed by atoms with Crippen molar-refractivity contribution in [3.8, 4) is 11.4 Å². The van der Waals surface area contributed by atoms with E-state index in [0.29, 0.717) is 39.4 Å². The minimum absolute atomic E-state index is 0.0801. The van der Waals surface area contributed by atoms with Crippen LogP contribution in [0.2, 0.25) is 0 Å².